The van der Waals surface area contributed by atoms with Gasteiger partial charge in [0, 0.05) is 32.6 Å². The first-order valence-corrected chi connectivity index (χ1v) is 11.4. The van der Waals surface area contributed by atoms with Gasteiger partial charge in [-0.3, -0.25) is 4.79 Å². The van der Waals surface area contributed by atoms with Gasteiger partial charge >= 0.3 is 0 Å². The Morgan fingerprint density at radius 1 is 1.13 bits per heavy atom. The number of methoxy groups -OCH3 is 1. The summed E-state index contributed by atoms with van der Waals surface area (Å²) < 4.78 is 32.2. The first-order chi connectivity index (χ1) is 14.2. The van der Waals surface area contributed by atoms with Crippen molar-refractivity contribution < 1.29 is 23.1 Å². The van der Waals surface area contributed by atoms with E-state index in [0.717, 1.165) is 11.1 Å². The Hall–Kier alpha value is -2.29. The summed E-state index contributed by atoms with van der Waals surface area (Å²) in [4.78, 5) is 14.1. The molecule has 0 unspecified atom stereocenters. The lowest BCUT2D eigenvalue weighted by Crippen LogP contribution is -2.50. The number of aromatic hydroxyl groups is 1. The van der Waals surface area contributed by atoms with E-state index in [2.05, 4.69) is 0 Å². The Labute approximate surface area is 181 Å². The molecule has 1 aliphatic heterocycles. The van der Waals surface area contributed by atoms with E-state index >= 15 is 0 Å². The summed E-state index contributed by atoms with van der Waals surface area (Å²) in [6, 6.07) is 9.92. The van der Waals surface area contributed by atoms with Gasteiger partial charge in [-0.25, -0.2) is 8.42 Å². The predicted octanol–water partition coefficient (Wildman–Crippen LogP) is 2.83. The summed E-state index contributed by atoms with van der Waals surface area (Å²) in [5.41, 5.74) is 1.68. The summed E-state index contributed by atoms with van der Waals surface area (Å²) in [6.45, 7) is 2.78. The molecule has 30 heavy (non-hydrogen) atoms. The van der Waals surface area contributed by atoms with Crippen molar-refractivity contribution in [1.82, 2.24) is 9.21 Å². The largest absolute Gasteiger partial charge is 0.507 e. The van der Waals surface area contributed by atoms with Gasteiger partial charge in [-0.2, -0.15) is 4.31 Å². The maximum Gasteiger partial charge on any atom is 0.246 e. The van der Waals surface area contributed by atoms with Gasteiger partial charge in [0.1, 0.15) is 16.4 Å². The number of halogens is 1. The van der Waals surface area contributed by atoms with E-state index in [0.29, 0.717) is 36.7 Å². The molecule has 2 aromatic carbocycles. The normalized spacial score (nSPS) is 15.2. The van der Waals surface area contributed by atoms with Crippen molar-refractivity contribution in [3.05, 3.63) is 52.5 Å². The molecule has 1 heterocycles. The average Bonchev–Trinajstić information content (AvgIpc) is 2.73. The number of amides is 1. The minimum absolute atomic E-state index is 0.0302. The zero-order valence-corrected chi connectivity index (χ0v) is 18.5. The molecule has 9 heteroatoms. The van der Waals surface area contributed by atoms with Crippen molar-refractivity contribution >= 4 is 27.5 Å². The zero-order chi connectivity index (χ0) is 21.9. The number of carbonyl (C=O) groups is 1. The lowest BCUT2D eigenvalue weighted by molar-refractivity contribution is -0.132. The van der Waals surface area contributed by atoms with Crippen LogP contribution in [-0.2, 0) is 21.2 Å². The smallest absolute Gasteiger partial charge is 0.246 e. The van der Waals surface area contributed by atoms with Crippen molar-refractivity contribution in [2.45, 2.75) is 24.7 Å². The number of sulfonamides is 1. The lowest BCUT2D eigenvalue weighted by Gasteiger charge is -2.34. The maximum atomic E-state index is 12.9. The molecule has 0 saturated carbocycles. The Morgan fingerprint density at radius 3 is 2.47 bits per heavy atom. The highest BCUT2D eigenvalue weighted by Crippen LogP contribution is 2.28. The van der Waals surface area contributed by atoms with E-state index in [1.165, 1.54) is 16.4 Å². The quantitative estimate of drug-likeness (QED) is 0.728. The molecule has 162 valence electrons. The first kappa shape index (κ1) is 22.4. The predicted molar refractivity (Wildman–Crippen MR) is 115 cm³/mol. The highest BCUT2D eigenvalue weighted by Gasteiger charge is 2.31. The van der Waals surface area contributed by atoms with Gasteiger partial charge in [0.25, 0.3) is 0 Å². The molecule has 0 atom stereocenters. The van der Waals surface area contributed by atoms with Crippen LogP contribution in [0.25, 0.3) is 0 Å². The molecule has 1 fully saturated rings. The van der Waals surface area contributed by atoms with E-state index in [4.69, 9.17) is 16.3 Å². The maximum absolute atomic E-state index is 12.9. The van der Waals surface area contributed by atoms with Crippen LogP contribution in [-0.4, -0.2) is 61.9 Å². The molecule has 0 aromatic heterocycles. The van der Waals surface area contributed by atoms with Crippen molar-refractivity contribution in [2.24, 2.45) is 0 Å². The topological polar surface area (TPSA) is 87.2 Å². The Morgan fingerprint density at radius 2 is 1.83 bits per heavy atom. The summed E-state index contributed by atoms with van der Waals surface area (Å²) >= 11 is 6.12. The Bertz CT molecular complexity index is 1030. The number of rotatable bonds is 6. The number of carbonyl (C=O) groups excluding carboxylic acids is 1. The number of phenols is 1. The average molecular weight is 453 g/mol. The van der Waals surface area contributed by atoms with Crippen molar-refractivity contribution in [1.29, 1.82) is 0 Å². The van der Waals surface area contributed by atoms with Crippen LogP contribution in [0.1, 0.15) is 17.5 Å². The van der Waals surface area contributed by atoms with Gasteiger partial charge in [0.15, 0.2) is 0 Å². The van der Waals surface area contributed by atoms with Gasteiger partial charge in [0.05, 0.1) is 12.1 Å². The van der Waals surface area contributed by atoms with Crippen molar-refractivity contribution in [3.63, 3.8) is 0 Å². The third-order valence-electron chi connectivity index (χ3n) is 5.17. The SMILES string of the molecule is COc1ccc(CCC(=O)N2CCN(S(=O)(=O)c3cc(C)ccc3O)CC2)cc1Cl. The van der Waals surface area contributed by atoms with Crippen LogP contribution in [0.15, 0.2) is 41.3 Å². The fraction of sp³-hybridized carbons (Fsp3) is 0.381. The van der Waals surface area contributed by atoms with E-state index in [1.807, 2.05) is 6.07 Å². The van der Waals surface area contributed by atoms with Crippen LogP contribution in [0.5, 0.6) is 11.5 Å². The minimum Gasteiger partial charge on any atom is -0.507 e. The Balaban J connectivity index is 1.57. The molecule has 1 saturated heterocycles. The molecule has 1 amide bonds. The molecule has 7 nitrogen and oxygen atoms in total. The fourth-order valence-electron chi connectivity index (χ4n) is 3.42. The molecule has 2 aromatic rings. The van der Waals surface area contributed by atoms with E-state index in [-0.39, 0.29) is 29.6 Å². The molecular weight excluding hydrogens is 428 g/mol. The molecule has 3 rings (SSSR count). The van der Waals surface area contributed by atoms with Crippen LogP contribution >= 0.6 is 11.6 Å². The number of ether oxygens (including phenoxy) is 1. The fourth-order valence-corrected chi connectivity index (χ4v) is 5.29. The van der Waals surface area contributed by atoms with E-state index in [1.54, 1.807) is 37.1 Å². The molecule has 0 spiro atoms. The van der Waals surface area contributed by atoms with Crippen LogP contribution in [0.2, 0.25) is 5.02 Å². The second kappa shape index (κ2) is 9.24. The van der Waals surface area contributed by atoms with Crippen LogP contribution in [0.4, 0.5) is 0 Å². The summed E-state index contributed by atoms with van der Waals surface area (Å²) in [5.74, 6) is 0.290. The third kappa shape index (κ3) is 4.88. The highest BCUT2D eigenvalue weighted by atomic mass is 35.5. The zero-order valence-electron chi connectivity index (χ0n) is 17.0. The van der Waals surface area contributed by atoms with Gasteiger partial charge < -0.3 is 14.7 Å². The number of benzene rings is 2. The van der Waals surface area contributed by atoms with Crippen LogP contribution in [0.3, 0.4) is 0 Å². The molecule has 0 aliphatic carbocycles. The van der Waals surface area contributed by atoms with Crippen molar-refractivity contribution in [2.75, 3.05) is 33.3 Å². The third-order valence-corrected chi connectivity index (χ3v) is 7.39. The summed E-state index contributed by atoms with van der Waals surface area (Å²) in [7, 11) is -2.27. The highest BCUT2D eigenvalue weighted by molar-refractivity contribution is 7.89. The molecular formula is C21H25ClN2O5S. The summed E-state index contributed by atoms with van der Waals surface area (Å²) in [6.07, 6.45) is 0.853. The number of hydrogen-bond donors (Lipinski definition) is 1. The molecule has 0 radical (unpaired) electrons. The molecule has 1 N–H and O–H groups in total. The van der Waals surface area contributed by atoms with Crippen LogP contribution in [0, 0.1) is 6.92 Å². The Kier molecular flexibility index (Phi) is 6.90. The van der Waals surface area contributed by atoms with Crippen LogP contribution < -0.4 is 4.74 Å². The first-order valence-electron chi connectivity index (χ1n) is 9.62. The monoisotopic (exact) mass is 452 g/mol. The minimum atomic E-state index is -3.81. The standard InChI is InChI=1S/C21H25ClN2O5S/c1-15-3-6-18(25)20(13-15)30(27,28)24-11-9-23(10-12-24)21(26)8-5-16-4-7-19(29-2)17(22)14-16/h3-4,6-7,13-14,25H,5,8-12H2,1-2H3. The molecule has 1 aliphatic rings. The van der Waals surface area contributed by atoms with Gasteiger partial charge in [-0.05, 0) is 48.7 Å². The van der Waals surface area contributed by atoms with E-state index in [9.17, 15) is 18.3 Å². The van der Waals surface area contributed by atoms with Gasteiger partial charge in [-0.1, -0.05) is 23.7 Å². The number of aryl methyl sites for hydroxylation is 2. The number of hydrogen-bond acceptors (Lipinski definition) is 5. The van der Waals surface area contributed by atoms with Gasteiger partial charge in [0.2, 0.25) is 15.9 Å². The van der Waals surface area contributed by atoms with Gasteiger partial charge in [-0.15, -0.1) is 0 Å². The molecule has 0 bridgehead atoms. The summed E-state index contributed by atoms with van der Waals surface area (Å²) in [5, 5.41) is 10.5. The second-order valence-corrected chi connectivity index (χ2v) is 9.54. The number of phenolic OH excluding ortho intramolecular Hbond substituents is 1. The second-order valence-electron chi connectivity index (χ2n) is 7.22. The number of piperazine rings is 1. The lowest BCUT2D eigenvalue weighted by atomic mass is 10.1. The van der Waals surface area contributed by atoms with E-state index < -0.39 is 10.0 Å². The van der Waals surface area contributed by atoms with Crippen molar-refractivity contribution in [3.8, 4) is 11.5 Å². The number of nitrogens with zero attached hydrogens (tertiary/aromatic N) is 2.